The van der Waals surface area contributed by atoms with Gasteiger partial charge in [-0.3, -0.25) is 0 Å². The third kappa shape index (κ3) is 3.01. The van der Waals surface area contributed by atoms with Gasteiger partial charge in [0.15, 0.2) is 0 Å². The zero-order chi connectivity index (χ0) is 12.3. The second-order valence-corrected chi connectivity index (χ2v) is 5.10. The van der Waals surface area contributed by atoms with E-state index in [9.17, 15) is 0 Å². The van der Waals surface area contributed by atoms with E-state index in [1.165, 1.54) is 17.7 Å². The predicted octanol–water partition coefficient (Wildman–Crippen LogP) is 3.79. The Hall–Kier alpha value is -1.02. The summed E-state index contributed by atoms with van der Waals surface area (Å²) in [7, 11) is 1.79. The molecule has 2 nitrogen and oxygen atoms in total. The van der Waals surface area contributed by atoms with E-state index in [2.05, 4.69) is 43.4 Å². The van der Waals surface area contributed by atoms with Crippen molar-refractivity contribution in [3.05, 3.63) is 29.8 Å². The van der Waals surface area contributed by atoms with Gasteiger partial charge in [-0.05, 0) is 42.9 Å². The molecule has 0 aromatic heterocycles. The summed E-state index contributed by atoms with van der Waals surface area (Å²) in [5, 5.41) is 3.55. The first kappa shape index (κ1) is 12.4. The van der Waals surface area contributed by atoms with Gasteiger partial charge >= 0.3 is 0 Å². The molecule has 1 aromatic carbocycles. The Balaban J connectivity index is 1.86. The van der Waals surface area contributed by atoms with Crippen molar-refractivity contribution in [2.75, 3.05) is 12.4 Å². The number of benzene rings is 1. The lowest BCUT2D eigenvalue weighted by atomic mass is 9.89. The van der Waals surface area contributed by atoms with E-state index in [0.717, 1.165) is 12.8 Å². The first-order valence-electron chi connectivity index (χ1n) is 6.62. The molecule has 0 radical (unpaired) electrons. The molecule has 0 aliphatic heterocycles. The molecule has 1 aliphatic carbocycles. The Kier molecular flexibility index (Phi) is 4.06. The summed E-state index contributed by atoms with van der Waals surface area (Å²) in [6.07, 6.45) is 3.92. The summed E-state index contributed by atoms with van der Waals surface area (Å²) >= 11 is 0. The largest absolute Gasteiger partial charge is 0.382 e. The molecule has 0 spiro atoms. The van der Waals surface area contributed by atoms with Crippen LogP contribution in [0.5, 0.6) is 0 Å². The van der Waals surface area contributed by atoms with E-state index in [4.69, 9.17) is 4.74 Å². The van der Waals surface area contributed by atoms with Crippen molar-refractivity contribution in [1.29, 1.82) is 0 Å². The number of rotatable bonds is 5. The molecule has 1 fully saturated rings. The van der Waals surface area contributed by atoms with E-state index >= 15 is 0 Å². The Morgan fingerprint density at radius 2 is 1.94 bits per heavy atom. The van der Waals surface area contributed by atoms with Crippen LogP contribution in [-0.4, -0.2) is 19.3 Å². The lowest BCUT2D eigenvalue weighted by Gasteiger charge is -2.35. The lowest BCUT2D eigenvalue weighted by molar-refractivity contribution is 0.0329. The van der Waals surface area contributed by atoms with E-state index in [-0.39, 0.29) is 0 Å². The van der Waals surface area contributed by atoms with E-state index in [0.29, 0.717) is 18.1 Å². The molecule has 1 atom stereocenters. The molecular formula is C15H23NO. The Labute approximate surface area is 104 Å². The first-order valence-corrected chi connectivity index (χ1v) is 6.62. The quantitative estimate of drug-likeness (QED) is 0.835. The van der Waals surface area contributed by atoms with Gasteiger partial charge in [-0.2, -0.15) is 0 Å². The Bertz CT molecular complexity index is 340. The molecule has 1 unspecified atom stereocenters. The first-order chi connectivity index (χ1) is 8.22. The number of hydrogen-bond acceptors (Lipinski definition) is 2. The molecule has 94 valence electrons. The molecule has 0 bridgehead atoms. The predicted molar refractivity (Wildman–Crippen MR) is 72.6 cm³/mol. The Morgan fingerprint density at radius 3 is 2.47 bits per heavy atom. The normalized spacial score (nSPS) is 25.1. The topological polar surface area (TPSA) is 21.3 Å². The van der Waals surface area contributed by atoms with Crippen LogP contribution in [0.25, 0.3) is 0 Å². The van der Waals surface area contributed by atoms with Crippen molar-refractivity contribution >= 4 is 5.69 Å². The van der Waals surface area contributed by atoms with Gasteiger partial charge in [0.1, 0.15) is 0 Å². The average molecular weight is 233 g/mol. The number of anilines is 1. The standard InChI is InChI=1S/C15H23NO/c1-4-11(2)12-5-7-13(8-6-12)16-14-9-15(10-14)17-3/h5-8,11,14-16H,4,9-10H2,1-3H3. The monoisotopic (exact) mass is 233 g/mol. The molecule has 2 heteroatoms. The van der Waals surface area contributed by atoms with Gasteiger partial charge < -0.3 is 10.1 Å². The molecule has 1 aliphatic rings. The second-order valence-electron chi connectivity index (χ2n) is 5.10. The molecule has 2 rings (SSSR count). The minimum atomic E-state index is 0.465. The van der Waals surface area contributed by atoms with Crippen LogP contribution in [0, 0.1) is 0 Å². The van der Waals surface area contributed by atoms with Crippen LogP contribution in [0.4, 0.5) is 5.69 Å². The smallest absolute Gasteiger partial charge is 0.0610 e. The average Bonchev–Trinajstić information content (AvgIpc) is 2.33. The highest BCUT2D eigenvalue weighted by molar-refractivity contribution is 5.46. The van der Waals surface area contributed by atoms with Crippen LogP contribution in [0.15, 0.2) is 24.3 Å². The van der Waals surface area contributed by atoms with Crippen molar-refractivity contribution < 1.29 is 4.74 Å². The third-order valence-corrected chi connectivity index (χ3v) is 3.89. The van der Waals surface area contributed by atoms with Gasteiger partial charge in [-0.25, -0.2) is 0 Å². The van der Waals surface area contributed by atoms with Crippen LogP contribution in [-0.2, 0) is 4.74 Å². The summed E-state index contributed by atoms with van der Waals surface area (Å²) in [6.45, 7) is 4.51. The van der Waals surface area contributed by atoms with E-state index in [1.807, 2.05) is 0 Å². The zero-order valence-electron chi connectivity index (χ0n) is 11.1. The van der Waals surface area contributed by atoms with Crippen molar-refractivity contribution in [2.45, 2.75) is 51.2 Å². The van der Waals surface area contributed by atoms with E-state index < -0.39 is 0 Å². The highest BCUT2D eigenvalue weighted by Gasteiger charge is 2.28. The van der Waals surface area contributed by atoms with Crippen LogP contribution in [0.1, 0.15) is 44.6 Å². The Morgan fingerprint density at radius 1 is 1.29 bits per heavy atom. The van der Waals surface area contributed by atoms with Crippen LogP contribution >= 0.6 is 0 Å². The lowest BCUT2D eigenvalue weighted by Crippen LogP contribution is -2.40. The SMILES string of the molecule is CCC(C)c1ccc(NC2CC(OC)C2)cc1. The molecule has 17 heavy (non-hydrogen) atoms. The maximum Gasteiger partial charge on any atom is 0.0610 e. The van der Waals surface area contributed by atoms with Crippen molar-refractivity contribution in [3.63, 3.8) is 0 Å². The summed E-state index contributed by atoms with van der Waals surface area (Å²) in [5.74, 6) is 0.658. The maximum atomic E-state index is 5.28. The maximum absolute atomic E-state index is 5.28. The van der Waals surface area contributed by atoms with Gasteiger partial charge in [0.2, 0.25) is 0 Å². The van der Waals surface area contributed by atoms with E-state index in [1.54, 1.807) is 7.11 Å². The zero-order valence-corrected chi connectivity index (χ0v) is 11.1. The number of ether oxygens (including phenoxy) is 1. The minimum absolute atomic E-state index is 0.465. The highest BCUT2D eigenvalue weighted by Crippen LogP contribution is 2.27. The fraction of sp³-hybridized carbons (Fsp3) is 0.600. The number of hydrogen-bond donors (Lipinski definition) is 1. The van der Waals surface area contributed by atoms with Gasteiger partial charge in [-0.1, -0.05) is 26.0 Å². The van der Waals surface area contributed by atoms with Crippen molar-refractivity contribution in [3.8, 4) is 0 Å². The van der Waals surface area contributed by atoms with Crippen LogP contribution in [0.2, 0.25) is 0 Å². The second kappa shape index (κ2) is 5.54. The van der Waals surface area contributed by atoms with Crippen LogP contribution in [0.3, 0.4) is 0 Å². The van der Waals surface area contributed by atoms with Gasteiger partial charge in [0.25, 0.3) is 0 Å². The van der Waals surface area contributed by atoms with Crippen LogP contribution < -0.4 is 5.32 Å². The molecule has 0 amide bonds. The summed E-state index contributed by atoms with van der Waals surface area (Å²) in [5.41, 5.74) is 2.66. The fourth-order valence-electron chi connectivity index (χ4n) is 2.26. The fourth-order valence-corrected chi connectivity index (χ4v) is 2.26. The number of methoxy groups -OCH3 is 1. The molecule has 0 heterocycles. The molecular weight excluding hydrogens is 210 g/mol. The summed E-state index contributed by atoms with van der Waals surface area (Å²) in [4.78, 5) is 0. The highest BCUT2D eigenvalue weighted by atomic mass is 16.5. The third-order valence-electron chi connectivity index (χ3n) is 3.89. The molecule has 1 aromatic rings. The summed E-state index contributed by atoms with van der Waals surface area (Å²) in [6, 6.07) is 9.46. The molecule has 0 saturated heterocycles. The van der Waals surface area contributed by atoms with Gasteiger partial charge in [-0.15, -0.1) is 0 Å². The summed E-state index contributed by atoms with van der Waals surface area (Å²) < 4.78 is 5.28. The van der Waals surface area contributed by atoms with Gasteiger partial charge in [0, 0.05) is 18.8 Å². The van der Waals surface area contributed by atoms with Crippen molar-refractivity contribution in [1.82, 2.24) is 0 Å². The minimum Gasteiger partial charge on any atom is -0.382 e. The van der Waals surface area contributed by atoms with Crippen molar-refractivity contribution in [2.24, 2.45) is 0 Å². The number of nitrogens with one attached hydrogen (secondary N) is 1. The molecule has 1 saturated carbocycles. The van der Waals surface area contributed by atoms with Gasteiger partial charge in [0.05, 0.1) is 6.10 Å². The molecule has 1 N–H and O–H groups in total.